The standard InChI is InChI=1S/C13H18ClNO5S/c1-9-7-12(10(2)6-11(9)14)21(18,19)15(3)4-5-20-8-13(16)17/h6-7H,4-5,8H2,1-3H3,(H,16,17). The molecule has 0 heterocycles. The first-order valence-electron chi connectivity index (χ1n) is 6.19. The number of ether oxygens (including phenoxy) is 1. The Labute approximate surface area is 129 Å². The quantitative estimate of drug-likeness (QED) is 0.766. The Morgan fingerprint density at radius 2 is 1.95 bits per heavy atom. The highest BCUT2D eigenvalue weighted by Gasteiger charge is 2.23. The van der Waals surface area contributed by atoms with Crippen LogP contribution in [0.1, 0.15) is 11.1 Å². The van der Waals surface area contributed by atoms with Crippen molar-refractivity contribution in [1.82, 2.24) is 4.31 Å². The number of halogens is 1. The van der Waals surface area contributed by atoms with E-state index in [0.29, 0.717) is 16.1 Å². The van der Waals surface area contributed by atoms with Gasteiger partial charge in [-0.2, -0.15) is 4.31 Å². The summed E-state index contributed by atoms with van der Waals surface area (Å²) in [5, 5.41) is 8.95. The monoisotopic (exact) mass is 335 g/mol. The van der Waals surface area contributed by atoms with Crippen molar-refractivity contribution in [2.45, 2.75) is 18.7 Å². The van der Waals surface area contributed by atoms with E-state index in [2.05, 4.69) is 0 Å². The molecule has 0 fully saturated rings. The molecule has 8 heteroatoms. The van der Waals surface area contributed by atoms with Gasteiger partial charge in [0.1, 0.15) is 6.61 Å². The van der Waals surface area contributed by atoms with Gasteiger partial charge in [0, 0.05) is 18.6 Å². The molecule has 0 saturated heterocycles. The smallest absolute Gasteiger partial charge is 0.329 e. The molecule has 0 amide bonds. The Balaban J connectivity index is 2.85. The molecular weight excluding hydrogens is 318 g/mol. The van der Waals surface area contributed by atoms with Gasteiger partial charge >= 0.3 is 5.97 Å². The molecule has 0 radical (unpaired) electrons. The minimum Gasteiger partial charge on any atom is -0.480 e. The van der Waals surface area contributed by atoms with Crippen molar-refractivity contribution in [3.63, 3.8) is 0 Å². The maximum absolute atomic E-state index is 12.5. The zero-order valence-corrected chi connectivity index (χ0v) is 13.7. The molecule has 21 heavy (non-hydrogen) atoms. The molecule has 1 aromatic carbocycles. The van der Waals surface area contributed by atoms with Crippen molar-refractivity contribution in [3.05, 3.63) is 28.3 Å². The highest BCUT2D eigenvalue weighted by molar-refractivity contribution is 7.89. The Morgan fingerprint density at radius 1 is 1.33 bits per heavy atom. The van der Waals surface area contributed by atoms with Gasteiger partial charge in [0.2, 0.25) is 10.0 Å². The lowest BCUT2D eigenvalue weighted by molar-refractivity contribution is -0.142. The number of carbonyl (C=O) groups is 1. The molecule has 0 spiro atoms. The summed E-state index contributed by atoms with van der Waals surface area (Å²) < 4.78 is 30.9. The number of carboxylic acid groups (broad SMARTS) is 1. The van der Waals surface area contributed by atoms with Gasteiger partial charge < -0.3 is 9.84 Å². The number of aliphatic carboxylic acids is 1. The van der Waals surface area contributed by atoms with Crippen LogP contribution >= 0.6 is 11.6 Å². The van der Waals surface area contributed by atoms with Crippen molar-refractivity contribution >= 4 is 27.6 Å². The predicted octanol–water partition coefficient (Wildman–Crippen LogP) is 1.68. The van der Waals surface area contributed by atoms with E-state index in [0.717, 1.165) is 4.31 Å². The van der Waals surface area contributed by atoms with Crippen LogP contribution in [-0.2, 0) is 19.6 Å². The molecule has 0 unspecified atom stereocenters. The Kier molecular flexibility index (Phi) is 6.15. The number of nitrogens with zero attached hydrogens (tertiary/aromatic N) is 1. The van der Waals surface area contributed by atoms with Crippen molar-refractivity contribution in [2.24, 2.45) is 0 Å². The molecule has 0 saturated carbocycles. The third kappa shape index (κ3) is 4.67. The summed E-state index contributed by atoms with van der Waals surface area (Å²) in [5.74, 6) is -1.09. The van der Waals surface area contributed by atoms with Crippen LogP contribution in [0.3, 0.4) is 0 Å². The Bertz CT molecular complexity index is 630. The van der Waals surface area contributed by atoms with Crippen LogP contribution in [0.25, 0.3) is 0 Å². The second kappa shape index (κ2) is 7.22. The maximum atomic E-state index is 12.5. The summed E-state index contributed by atoms with van der Waals surface area (Å²) in [6, 6.07) is 3.14. The van der Waals surface area contributed by atoms with Crippen LogP contribution in [0.4, 0.5) is 0 Å². The zero-order valence-electron chi connectivity index (χ0n) is 12.1. The number of likely N-dealkylation sites (N-methyl/N-ethyl adjacent to an activating group) is 1. The minimum atomic E-state index is -3.66. The zero-order chi connectivity index (χ0) is 16.2. The van der Waals surface area contributed by atoms with Gasteiger partial charge in [-0.1, -0.05) is 11.6 Å². The number of rotatable bonds is 7. The summed E-state index contributed by atoms with van der Waals surface area (Å²) in [6.07, 6.45) is 0. The van der Waals surface area contributed by atoms with E-state index >= 15 is 0 Å². The lowest BCUT2D eigenvalue weighted by Crippen LogP contribution is -2.31. The molecule has 1 aromatic rings. The van der Waals surface area contributed by atoms with Crippen molar-refractivity contribution in [2.75, 3.05) is 26.8 Å². The fraction of sp³-hybridized carbons (Fsp3) is 0.462. The predicted molar refractivity (Wildman–Crippen MR) is 79.2 cm³/mol. The van der Waals surface area contributed by atoms with Crippen LogP contribution in [0.15, 0.2) is 17.0 Å². The van der Waals surface area contributed by atoms with Crippen LogP contribution in [0.2, 0.25) is 5.02 Å². The molecule has 6 nitrogen and oxygen atoms in total. The van der Waals surface area contributed by atoms with E-state index in [9.17, 15) is 13.2 Å². The van der Waals surface area contributed by atoms with Crippen molar-refractivity contribution in [1.29, 1.82) is 0 Å². The Hall–Kier alpha value is -1.15. The molecule has 0 aliphatic rings. The maximum Gasteiger partial charge on any atom is 0.329 e. The summed E-state index contributed by atoms with van der Waals surface area (Å²) in [6.45, 7) is 3.03. The summed E-state index contributed by atoms with van der Waals surface area (Å²) in [7, 11) is -2.24. The lowest BCUT2D eigenvalue weighted by Gasteiger charge is -2.19. The lowest BCUT2D eigenvalue weighted by atomic mass is 10.2. The first kappa shape index (κ1) is 17.9. The highest BCUT2D eigenvalue weighted by atomic mass is 35.5. The molecule has 1 rings (SSSR count). The molecule has 0 bridgehead atoms. The van der Waals surface area contributed by atoms with E-state index in [1.165, 1.54) is 13.1 Å². The minimum absolute atomic E-state index is 0.00759. The molecular formula is C13H18ClNO5S. The third-order valence-corrected chi connectivity index (χ3v) is 5.33. The fourth-order valence-corrected chi connectivity index (χ4v) is 3.33. The fourth-order valence-electron chi connectivity index (χ4n) is 1.67. The van der Waals surface area contributed by atoms with E-state index in [4.69, 9.17) is 21.4 Å². The summed E-state index contributed by atoms with van der Waals surface area (Å²) in [5.41, 5.74) is 1.24. The van der Waals surface area contributed by atoms with Crippen LogP contribution in [0, 0.1) is 13.8 Å². The Morgan fingerprint density at radius 3 is 2.52 bits per heavy atom. The SMILES string of the molecule is Cc1cc(S(=O)(=O)N(C)CCOCC(=O)O)c(C)cc1Cl. The molecule has 0 aromatic heterocycles. The highest BCUT2D eigenvalue weighted by Crippen LogP contribution is 2.25. The van der Waals surface area contributed by atoms with Gasteiger partial charge in [-0.15, -0.1) is 0 Å². The van der Waals surface area contributed by atoms with E-state index in [1.54, 1.807) is 19.9 Å². The average molecular weight is 336 g/mol. The normalized spacial score (nSPS) is 11.9. The molecule has 0 atom stereocenters. The van der Waals surface area contributed by atoms with Crippen LogP contribution in [-0.4, -0.2) is 50.6 Å². The number of carboxylic acids is 1. The molecule has 118 valence electrons. The molecule has 0 aliphatic heterocycles. The second-order valence-electron chi connectivity index (χ2n) is 4.64. The summed E-state index contributed by atoms with van der Waals surface area (Å²) in [4.78, 5) is 10.5. The van der Waals surface area contributed by atoms with Gasteiger partial charge in [0.15, 0.2) is 0 Å². The molecule has 1 N–H and O–H groups in total. The number of hydrogen-bond donors (Lipinski definition) is 1. The summed E-state index contributed by atoms with van der Waals surface area (Å²) >= 11 is 5.96. The van der Waals surface area contributed by atoms with Crippen molar-refractivity contribution in [3.8, 4) is 0 Å². The van der Waals surface area contributed by atoms with Gasteiger partial charge in [-0.25, -0.2) is 13.2 Å². The number of benzene rings is 1. The van der Waals surface area contributed by atoms with E-state index < -0.39 is 22.6 Å². The van der Waals surface area contributed by atoms with E-state index in [1.807, 2.05) is 0 Å². The number of sulfonamides is 1. The third-order valence-electron chi connectivity index (χ3n) is 2.92. The van der Waals surface area contributed by atoms with Crippen molar-refractivity contribution < 1.29 is 23.1 Å². The van der Waals surface area contributed by atoms with Gasteiger partial charge in [0.25, 0.3) is 0 Å². The van der Waals surface area contributed by atoms with Gasteiger partial charge in [-0.05, 0) is 37.1 Å². The van der Waals surface area contributed by atoms with Gasteiger partial charge in [0.05, 0.1) is 11.5 Å². The topological polar surface area (TPSA) is 83.9 Å². The second-order valence-corrected chi connectivity index (χ2v) is 7.06. The average Bonchev–Trinajstić information content (AvgIpc) is 2.38. The number of aryl methyl sites for hydroxylation is 2. The largest absolute Gasteiger partial charge is 0.480 e. The van der Waals surface area contributed by atoms with Crippen LogP contribution < -0.4 is 0 Å². The van der Waals surface area contributed by atoms with E-state index in [-0.39, 0.29) is 18.0 Å². The molecule has 0 aliphatic carbocycles. The van der Waals surface area contributed by atoms with Crippen LogP contribution in [0.5, 0.6) is 0 Å². The number of hydrogen-bond acceptors (Lipinski definition) is 4. The van der Waals surface area contributed by atoms with Gasteiger partial charge in [-0.3, -0.25) is 0 Å². The first-order chi connectivity index (χ1) is 9.66. The first-order valence-corrected chi connectivity index (χ1v) is 8.00.